The van der Waals surface area contributed by atoms with E-state index >= 15 is 0 Å². The van der Waals surface area contributed by atoms with E-state index in [-0.39, 0.29) is 5.82 Å². The van der Waals surface area contributed by atoms with Gasteiger partial charge in [-0.25, -0.2) is 4.39 Å². The third kappa shape index (κ3) is 5.14. The monoisotopic (exact) mass is 418 g/mol. The molecule has 0 amide bonds. The van der Waals surface area contributed by atoms with E-state index < -0.39 is 0 Å². The zero-order chi connectivity index (χ0) is 17.6. The van der Waals surface area contributed by atoms with Gasteiger partial charge in [-0.3, -0.25) is 0 Å². The van der Waals surface area contributed by atoms with Gasteiger partial charge in [-0.1, -0.05) is 28.1 Å². The Hall–Kier alpha value is -2.18. The zero-order valence-corrected chi connectivity index (χ0v) is 15.7. The second kappa shape index (κ2) is 8.27. The normalized spacial score (nSPS) is 10.5. The third-order valence-corrected chi connectivity index (χ3v) is 4.46. The van der Waals surface area contributed by atoms with Gasteiger partial charge in [-0.15, -0.1) is 0 Å². The Kier molecular flexibility index (Phi) is 5.83. The smallest absolute Gasteiger partial charge is 0.174 e. The van der Waals surface area contributed by atoms with Gasteiger partial charge in [0.2, 0.25) is 0 Å². The van der Waals surface area contributed by atoms with E-state index in [9.17, 15) is 4.39 Å². The van der Waals surface area contributed by atoms with E-state index in [4.69, 9.17) is 16.6 Å². The minimum atomic E-state index is -0.262. The molecule has 1 aromatic heterocycles. The quantitative estimate of drug-likeness (QED) is 0.547. The molecule has 0 spiro atoms. The first kappa shape index (κ1) is 17.6. The van der Waals surface area contributed by atoms with E-state index in [2.05, 4.69) is 21.2 Å². The summed E-state index contributed by atoms with van der Waals surface area (Å²) in [6.07, 6.45) is 1.63. The van der Waals surface area contributed by atoms with Crippen LogP contribution in [-0.2, 0) is 13.1 Å². The van der Waals surface area contributed by atoms with Gasteiger partial charge in [0.25, 0.3) is 0 Å². The van der Waals surface area contributed by atoms with Gasteiger partial charge < -0.3 is 14.6 Å². The fraction of sp³-hybridized carbons (Fsp3) is 0.105. The predicted molar refractivity (Wildman–Crippen MR) is 105 cm³/mol. The second-order valence-electron chi connectivity index (χ2n) is 5.50. The number of hydrogen-bond acceptors (Lipinski definition) is 2. The highest BCUT2D eigenvalue weighted by Crippen LogP contribution is 2.17. The Morgan fingerprint density at radius 2 is 1.88 bits per heavy atom. The average molecular weight is 419 g/mol. The highest BCUT2D eigenvalue weighted by Gasteiger charge is 2.13. The third-order valence-electron chi connectivity index (χ3n) is 3.57. The van der Waals surface area contributed by atoms with Crippen molar-refractivity contribution in [1.29, 1.82) is 0 Å². The number of anilines is 1. The number of furan rings is 1. The van der Waals surface area contributed by atoms with Crippen LogP contribution in [-0.4, -0.2) is 10.0 Å². The van der Waals surface area contributed by atoms with Crippen molar-refractivity contribution in [3.63, 3.8) is 0 Å². The molecule has 0 fully saturated rings. The van der Waals surface area contributed by atoms with Gasteiger partial charge in [0.05, 0.1) is 12.8 Å². The van der Waals surface area contributed by atoms with Crippen LogP contribution in [0.2, 0.25) is 0 Å². The lowest BCUT2D eigenvalue weighted by Crippen LogP contribution is -2.33. The van der Waals surface area contributed by atoms with E-state index in [0.717, 1.165) is 21.5 Å². The summed E-state index contributed by atoms with van der Waals surface area (Å²) in [7, 11) is 0. The molecule has 3 aromatic rings. The first-order valence-electron chi connectivity index (χ1n) is 7.68. The summed E-state index contributed by atoms with van der Waals surface area (Å²) in [5.74, 6) is 0.526. The summed E-state index contributed by atoms with van der Waals surface area (Å²) >= 11 is 8.98. The number of benzene rings is 2. The van der Waals surface area contributed by atoms with Crippen molar-refractivity contribution in [3.05, 3.63) is 88.5 Å². The lowest BCUT2D eigenvalue weighted by atomic mass is 10.2. The Morgan fingerprint density at radius 3 is 2.56 bits per heavy atom. The van der Waals surface area contributed by atoms with Gasteiger partial charge in [-0.2, -0.15) is 0 Å². The maximum Gasteiger partial charge on any atom is 0.174 e. The standard InChI is InChI=1S/C19H16BrFN2OS/c20-15-6-8-17(9-7-15)22-19(25)23(13-18-5-2-10-24-18)12-14-3-1-4-16(21)11-14/h1-11H,12-13H2,(H,22,25). The molecular weight excluding hydrogens is 403 g/mol. The van der Waals surface area contributed by atoms with Crippen LogP contribution >= 0.6 is 28.1 Å². The summed E-state index contributed by atoms with van der Waals surface area (Å²) in [6.45, 7) is 0.965. The van der Waals surface area contributed by atoms with Gasteiger partial charge >= 0.3 is 0 Å². The second-order valence-corrected chi connectivity index (χ2v) is 6.80. The SMILES string of the molecule is Fc1cccc(CN(Cc2ccco2)C(=S)Nc2ccc(Br)cc2)c1. The van der Waals surface area contributed by atoms with Gasteiger partial charge in [0.1, 0.15) is 11.6 Å². The van der Waals surface area contributed by atoms with E-state index in [0.29, 0.717) is 18.2 Å². The molecule has 0 atom stereocenters. The molecule has 128 valence electrons. The van der Waals surface area contributed by atoms with Crippen LogP contribution in [0.3, 0.4) is 0 Å². The maximum atomic E-state index is 13.5. The van der Waals surface area contributed by atoms with Gasteiger partial charge in [-0.05, 0) is 66.3 Å². The largest absolute Gasteiger partial charge is 0.467 e. The van der Waals surface area contributed by atoms with Gasteiger partial charge in [0.15, 0.2) is 5.11 Å². The van der Waals surface area contributed by atoms with Crippen LogP contribution in [0.1, 0.15) is 11.3 Å². The number of rotatable bonds is 5. The molecule has 0 aliphatic carbocycles. The molecular formula is C19H16BrFN2OS. The predicted octanol–water partition coefficient (Wildman–Crippen LogP) is 5.58. The van der Waals surface area contributed by atoms with Crippen molar-refractivity contribution in [2.24, 2.45) is 0 Å². The van der Waals surface area contributed by atoms with Crippen molar-refractivity contribution in [1.82, 2.24) is 4.90 Å². The molecule has 0 saturated carbocycles. The topological polar surface area (TPSA) is 28.4 Å². The van der Waals surface area contributed by atoms with Crippen molar-refractivity contribution in [2.45, 2.75) is 13.1 Å². The fourth-order valence-electron chi connectivity index (χ4n) is 2.38. The molecule has 1 heterocycles. The highest BCUT2D eigenvalue weighted by atomic mass is 79.9. The molecule has 6 heteroatoms. The molecule has 0 aliphatic rings. The van der Waals surface area contributed by atoms with Crippen LogP contribution in [0.5, 0.6) is 0 Å². The molecule has 0 saturated heterocycles. The molecule has 0 bridgehead atoms. The Bertz CT molecular complexity index is 837. The van der Waals surface area contributed by atoms with Crippen LogP contribution in [0, 0.1) is 5.82 Å². The average Bonchev–Trinajstić information content (AvgIpc) is 3.09. The van der Waals surface area contributed by atoms with Crippen LogP contribution in [0.15, 0.2) is 75.8 Å². The molecule has 0 radical (unpaired) electrons. The highest BCUT2D eigenvalue weighted by molar-refractivity contribution is 9.10. The van der Waals surface area contributed by atoms with Gasteiger partial charge in [0, 0.05) is 16.7 Å². The zero-order valence-electron chi connectivity index (χ0n) is 13.3. The fourth-order valence-corrected chi connectivity index (χ4v) is 2.89. The summed E-state index contributed by atoms with van der Waals surface area (Å²) in [6, 6.07) is 18.0. The number of halogens is 2. The van der Waals surface area contributed by atoms with E-state index in [1.165, 1.54) is 12.1 Å². The number of thiocarbonyl (C=S) groups is 1. The van der Waals surface area contributed by atoms with E-state index in [1.54, 1.807) is 12.3 Å². The van der Waals surface area contributed by atoms with Crippen molar-refractivity contribution in [3.8, 4) is 0 Å². The lowest BCUT2D eigenvalue weighted by Gasteiger charge is -2.25. The molecule has 3 nitrogen and oxygen atoms in total. The minimum absolute atomic E-state index is 0.262. The number of hydrogen-bond donors (Lipinski definition) is 1. The Balaban J connectivity index is 1.77. The summed E-state index contributed by atoms with van der Waals surface area (Å²) < 4.78 is 19.9. The summed E-state index contributed by atoms with van der Waals surface area (Å²) in [5.41, 5.74) is 1.73. The molecule has 2 aromatic carbocycles. The first-order valence-corrected chi connectivity index (χ1v) is 8.88. The van der Waals surface area contributed by atoms with Crippen LogP contribution in [0.25, 0.3) is 0 Å². The van der Waals surface area contributed by atoms with Crippen molar-refractivity contribution < 1.29 is 8.81 Å². The van der Waals surface area contributed by atoms with Crippen molar-refractivity contribution in [2.75, 3.05) is 5.32 Å². The molecule has 0 unspecified atom stereocenters. The van der Waals surface area contributed by atoms with Crippen LogP contribution < -0.4 is 5.32 Å². The Labute approximate surface area is 159 Å². The molecule has 1 N–H and O–H groups in total. The summed E-state index contributed by atoms with van der Waals surface area (Å²) in [4.78, 5) is 1.94. The molecule has 3 rings (SSSR count). The first-order chi connectivity index (χ1) is 12.1. The molecule has 25 heavy (non-hydrogen) atoms. The van der Waals surface area contributed by atoms with Crippen molar-refractivity contribution >= 4 is 38.9 Å². The lowest BCUT2D eigenvalue weighted by molar-refractivity contribution is 0.360. The number of nitrogens with zero attached hydrogens (tertiary/aromatic N) is 1. The minimum Gasteiger partial charge on any atom is -0.467 e. The van der Waals surface area contributed by atoms with E-state index in [1.807, 2.05) is 47.4 Å². The molecule has 0 aliphatic heterocycles. The van der Waals surface area contributed by atoms with Crippen LogP contribution in [0.4, 0.5) is 10.1 Å². The Morgan fingerprint density at radius 1 is 1.08 bits per heavy atom. The maximum absolute atomic E-state index is 13.5. The summed E-state index contributed by atoms with van der Waals surface area (Å²) in [5, 5.41) is 3.76. The number of nitrogens with one attached hydrogen (secondary N) is 1.